The molecular formula is C22H18FNO3. The van der Waals surface area contributed by atoms with Crippen LogP contribution in [0.25, 0.3) is 0 Å². The monoisotopic (exact) mass is 363 g/mol. The van der Waals surface area contributed by atoms with Gasteiger partial charge >= 0.3 is 0 Å². The highest BCUT2D eigenvalue weighted by Gasteiger charge is 2.23. The van der Waals surface area contributed by atoms with Gasteiger partial charge in [0.05, 0.1) is 0 Å². The Morgan fingerprint density at radius 3 is 2.11 bits per heavy atom. The van der Waals surface area contributed by atoms with Crippen LogP contribution in [0.4, 0.5) is 10.1 Å². The van der Waals surface area contributed by atoms with Gasteiger partial charge in [-0.1, -0.05) is 30.3 Å². The molecule has 0 aliphatic heterocycles. The predicted octanol–water partition coefficient (Wildman–Crippen LogP) is 4.79. The van der Waals surface area contributed by atoms with E-state index >= 15 is 0 Å². The van der Waals surface area contributed by atoms with Gasteiger partial charge in [-0.25, -0.2) is 4.39 Å². The number of hydrogen-bond donors (Lipinski definition) is 1. The predicted molar refractivity (Wildman–Crippen MR) is 101 cm³/mol. The zero-order valence-corrected chi connectivity index (χ0v) is 14.7. The Kier molecular flexibility index (Phi) is 5.61. The fourth-order valence-electron chi connectivity index (χ4n) is 2.55. The molecule has 1 amide bonds. The fraction of sp³-hybridized carbons (Fsp3) is 0.0909. The maximum atomic E-state index is 13.1. The number of benzene rings is 3. The topological polar surface area (TPSA) is 55.4 Å². The van der Waals surface area contributed by atoms with Crippen LogP contribution in [-0.2, 0) is 4.79 Å². The van der Waals surface area contributed by atoms with Crippen LogP contribution in [0.1, 0.15) is 28.9 Å². The molecule has 0 aromatic heterocycles. The Labute approximate surface area is 156 Å². The largest absolute Gasteiger partial charge is 0.476 e. The third-order valence-corrected chi connectivity index (χ3v) is 3.97. The van der Waals surface area contributed by atoms with Crippen LogP contribution in [-0.4, -0.2) is 11.7 Å². The number of rotatable bonds is 6. The number of halogens is 1. The first-order valence-corrected chi connectivity index (χ1v) is 8.42. The summed E-state index contributed by atoms with van der Waals surface area (Å²) in [6, 6.07) is 21.2. The van der Waals surface area contributed by atoms with Gasteiger partial charge in [-0.05, 0) is 55.5 Å². The van der Waals surface area contributed by atoms with Crippen LogP contribution in [0.3, 0.4) is 0 Å². The maximum Gasteiger partial charge on any atom is 0.270 e. The van der Waals surface area contributed by atoms with E-state index in [4.69, 9.17) is 4.74 Å². The van der Waals surface area contributed by atoms with Crippen molar-refractivity contribution in [3.05, 3.63) is 95.8 Å². The first kappa shape index (κ1) is 18.3. The number of hydrogen-bond acceptors (Lipinski definition) is 3. The molecule has 0 heterocycles. The molecule has 136 valence electrons. The van der Waals surface area contributed by atoms with E-state index in [0.29, 0.717) is 22.6 Å². The van der Waals surface area contributed by atoms with Crippen LogP contribution in [0, 0.1) is 5.82 Å². The van der Waals surface area contributed by atoms with Gasteiger partial charge in [0.25, 0.3) is 5.91 Å². The third-order valence-electron chi connectivity index (χ3n) is 3.97. The second-order valence-corrected chi connectivity index (χ2v) is 5.99. The van der Waals surface area contributed by atoms with Crippen LogP contribution < -0.4 is 10.1 Å². The highest BCUT2D eigenvalue weighted by atomic mass is 19.1. The standard InChI is InChI=1S/C22H18FNO3/c1-15(25)16-7-13-20(14-8-16)27-21(17-5-3-2-4-6-17)22(26)24-19-11-9-18(23)10-12-19/h2-14,21H,1H3,(H,24,26). The number of amides is 1. The lowest BCUT2D eigenvalue weighted by Crippen LogP contribution is -2.25. The summed E-state index contributed by atoms with van der Waals surface area (Å²) in [5.74, 6) is -0.351. The molecule has 5 heteroatoms. The molecule has 0 saturated carbocycles. The van der Waals surface area contributed by atoms with Gasteiger partial charge in [-0.2, -0.15) is 0 Å². The lowest BCUT2D eigenvalue weighted by molar-refractivity contribution is -0.123. The lowest BCUT2D eigenvalue weighted by atomic mass is 10.1. The van der Waals surface area contributed by atoms with Crippen LogP contribution in [0.2, 0.25) is 0 Å². The van der Waals surface area contributed by atoms with Gasteiger partial charge in [0.15, 0.2) is 5.78 Å². The van der Waals surface area contributed by atoms with E-state index in [1.807, 2.05) is 18.2 Å². The van der Waals surface area contributed by atoms with Crippen molar-refractivity contribution in [1.82, 2.24) is 0 Å². The fourth-order valence-corrected chi connectivity index (χ4v) is 2.55. The summed E-state index contributed by atoms with van der Waals surface area (Å²) in [7, 11) is 0. The number of carbonyl (C=O) groups excluding carboxylic acids is 2. The van der Waals surface area contributed by atoms with Crippen molar-refractivity contribution in [3.63, 3.8) is 0 Å². The SMILES string of the molecule is CC(=O)c1ccc(OC(C(=O)Nc2ccc(F)cc2)c2ccccc2)cc1. The molecule has 1 atom stereocenters. The average Bonchev–Trinajstić information content (AvgIpc) is 2.69. The summed E-state index contributed by atoms with van der Waals surface area (Å²) in [6.07, 6.45) is -0.903. The van der Waals surface area contributed by atoms with Crippen molar-refractivity contribution in [1.29, 1.82) is 0 Å². The summed E-state index contributed by atoms with van der Waals surface area (Å²) >= 11 is 0. The summed E-state index contributed by atoms with van der Waals surface area (Å²) in [5, 5.41) is 2.73. The van der Waals surface area contributed by atoms with Crippen molar-refractivity contribution in [2.75, 3.05) is 5.32 Å². The van der Waals surface area contributed by atoms with Crippen molar-refractivity contribution < 1.29 is 18.7 Å². The van der Waals surface area contributed by atoms with E-state index < -0.39 is 6.10 Å². The van der Waals surface area contributed by atoms with E-state index in [0.717, 1.165) is 0 Å². The highest BCUT2D eigenvalue weighted by molar-refractivity contribution is 5.95. The molecular weight excluding hydrogens is 345 g/mol. The summed E-state index contributed by atoms with van der Waals surface area (Å²) in [4.78, 5) is 24.2. The molecule has 3 aromatic rings. The number of anilines is 1. The second kappa shape index (κ2) is 8.27. The Morgan fingerprint density at radius 1 is 0.889 bits per heavy atom. The minimum Gasteiger partial charge on any atom is -0.476 e. The molecule has 0 aliphatic rings. The van der Waals surface area contributed by atoms with Gasteiger partial charge in [-0.15, -0.1) is 0 Å². The van der Waals surface area contributed by atoms with E-state index in [1.54, 1.807) is 36.4 Å². The minimum absolute atomic E-state index is 0.0461. The smallest absolute Gasteiger partial charge is 0.270 e. The Hall–Kier alpha value is -3.47. The molecule has 0 fully saturated rings. The molecule has 1 N–H and O–H groups in total. The highest BCUT2D eigenvalue weighted by Crippen LogP contribution is 2.24. The molecule has 3 rings (SSSR count). The Morgan fingerprint density at radius 2 is 1.52 bits per heavy atom. The van der Waals surface area contributed by atoms with Crippen molar-refractivity contribution >= 4 is 17.4 Å². The van der Waals surface area contributed by atoms with E-state index in [-0.39, 0.29) is 17.5 Å². The zero-order chi connectivity index (χ0) is 19.2. The molecule has 0 spiro atoms. The van der Waals surface area contributed by atoms with Crippen LogP contribution >= 0.6 is 0 Å². The normalized spacial score (nSPS) is 11.5. The molecule has 0 aliphatic carbocycles. The van der Waals surface area contributed by atoms with Crippen molar-refractivity contribution in [2.45, 2.75) is 13.0 Å². The summed E-state index contributed by atoms with van der Waals surface area (Å²) in [6.45, 7) is 1.48. The number of nitrogens with one attached hydrogen (secondary N) is 1. The number of ether oxygens (including phenoxy) is 1. The summed E-state index contributed by atoms with van der Waals surface area (Å²) < 4.78 is 19.0. The quantitative estimate of drug-likeness (QED) is 0.641. The van der Waals surface area contributed by atoms with Crippen molar-refractivity contribution in [2.24, 2.45) is 0 Å². The van der Waals surface area contributed by atoms with Crippen molar-refractivity contribution in [3.8, 4) is 5.75 Å². The van der Waals surface area contributed by atoms with Gasteiger partial charge in [-0.3, -0.25) is 9.59 Å². The number of carbonyl (C=O) groups is 2. The van der Waals surface area contributed by atoms with E-state index in [9.17, 15) is 14.0 Å². The molecule has 0 radical (unpaired) electrons. The van der Waals surface area contributed by atoms with Gasteiger partial charge in [0.1, 0.15) is 11.6 Å². The van der Waals surface area contributed by atoms with Gasteiger partial charge < -0.3 is 10.1 Å². The Balaban J connectivity index is 1.83. The molecule has 27 heavy (non-hydrogen) atoms. The molecule has 0 saturated heterocycles. The lowest BCUT2D eigenvalue weighted by Gasteiger charge is -2.19. The number of Topliss-reactive ketones (excluding diaryl/α,β-unsaturated/α-hetero) is 1. The van der Waals surface area contributed by atoms with E-state index in [2.05, 4.69) is 5.32 Å². The zero-order valence-electron chi connectivity index (χ0n) is 14.7. The average molecular weight is 363 g/mol. The van der Waals surface area contributed by atoms with Gasteiger partial charge in [0.2, 0.25) is 6.10 Å². The minimum atomic E-state index is -0.903. The molecule has 4 nitrogen and oxygen atoms in total. The molecule has 3 aromatic carbocycles. The third kappa shape index (κ3) is 4.79. The first-order valence-electron chi connectivity index (χ1n) is 8.42. The molecule has 0 bridgehead atoms. The maximum absolute atomic E-state index is 13.1. The van der Waals surface area contributed by atoms with Crippen LogP contribution in [0.15, 0.2) is 78.9 Å². The van der Waals surface area contributed by atoms with Crippen LogP contribution in [0.5, 0.6) is 5.75 Å². The van der Waals surface area contributed by atoms with E-state index in [1.165, 1.54) is 31.2 Å². The number of ketones is 1. The van der Waals surface area contributed by atoms with Gasteiger partial charge in [0, 0.05) is 16.8 Å². The second-order valence-electron chi connectivity index (χ2n) is 5.99. The molecule has 1 unspecified atom stereocenters. The Bertz CT molecular complexity index is 922. The summed E-state index contributed by atoms with van der Waals surface area (Å²) in [5.41, 5.74) is 1.71. The first-order chi connectivity index (χ1) is 13.0.